The molecular formula is C12H18F3N3. The molecule has 1 N–H and O–H groups in total. The molecule has 0 saturated carbocycles. The Balaban J connectivity index is 2.11. The number of piperidine rings is 1. The van der Waals surface area contributed by atoms with Crippen molar-refractivity contribution in [1.82, 2.24) is 15.1 Å². The highest BCUT2D eigenvalue weighted by atomic mass is 19.4. The first kappa shape index (κ1) is 13.4. The van der Waals surface area contributed by atoms with Gasteiger partial charge in [-0.05, 0) is 31.9 Å². The van der Waals surface area contributed by atoms with E-state index in [-0.39, 0.29) is 18.9 Å². The number of nitrogens with zero attached hydrogens (tertiary/aromatic N) is 2. The van der Waals surface area contributed by atoms with Gasteiger partial charge < -0.3 is 5.32 Å². The van der Waals surface area contributed by atoms with Gasteiger partial charge in [-0.3, -0.25) is 4.68 Å². The zero-order valence-electron chi connectivity index (χ0n) is 10.4. The monoisotopic (exact) mass is 261 g/mol. The highest BCUT2D eigenvalue weighted by Crippen LogP contribution is 2.38. The standard InChI is InChI=1S/C12H18F3N3/c1-2-7-18-11(4-6-17-18)10-8-9(3-5-16-10)12(13,14)15/h4,6,9-10,16H,2-3,5,7-8H2,1H3. The summed E-state index contributed by atoms with van der Waals surface area (Å²) in [5, 5.41) is 7.33. The van der Waals surface area contributed by atoms with Crippen molar-refractivity contribution in [3.63, 3.8) is 0 Å². The molecule has 0 spiro atoms. The highest BCUT2D eigenvalue weighted by molar-refractivity contribution is 5.08. The maximum Gasteiger partial charge on any atom is 0.391 e. The molecule has 1 aromatic rings. The van der Waals surface area contributed by atoms with Gasteiger partial charge in [-0.25, -0.2) is 0 Å². The van der Waals surface area contributed by atoms with Crippen LogP contribution in [0, 0.1) is 5.92 Å². The molecule has 1 saturated heterocycles. The summed E-state index contributed by atoms with van der Waals surface area (Å²) >= 11 is 0. The van der Waals surface area contributed by atoms with E-state index < -0.39 is 12.1 Å². The van der Waals surface area contributed by atoms with Crippen LogP contribution >= 0.6 is 0 Å². The van der Waals surface area contributed by atoms with Crippen molar-refractivity contribution in [1.29, 1.82) is 0 Å². The number of alkyl halides is 3. The Morgan fingerprint density at radius 3 is 2.94 bits per heavy atom. The number of halogens is 3. The third-order valence-electron chi connectivity index (χ3n) is 3.41. The van der Waals surface area contributed by atoms with Gasteiger partial charge in [0, 0.05) is 18.8 Å². The Kier molecular flexibility index (Phi) is 3.94. The van der Waals surface area contributed by atoms with E-state index in [4.69, 9.17) is 0 Å². The summed E-state index contributed by atoms with van der Waals surface area (Å²) in [6, 6.07) is 1.57. The second-order valence-corrected chi connectivity index (χ2v) is 4.75. The molecule has 0 aromatic carbocycles. The van der Waals surface area contributed by atoms with E-state index in [1.165, 1.54) is 0 Å². The predicted octanol–water partition coefficient (Wildman–Crippen LogP) is 2.90. The number of rotatable bonds is 3. The third-order valence-corrected chi connectivity index (χ3v) is 3.41. The molecule has 1 fully saturated rings. The topological polar surface area (TPSA) is 29.9 Å². The van der Waals surface area contributed by atoms with Crippen LogP contribution in [0.15, 0.2) is 12.3 Å². The highest BCUT2D eigenvalue weighted by Gasteiger charge is 2.42. The number of nitrogens with one attached hydrogen (secondary N) is 1. The molecule has 0 bridgehead atoms. The fourth-order valence-corrected chi connectivity index (χ4v) is 2.48. The first-order valence-corrected chi connectivity index (χ1v) is 6.34. The summed E-state index contributed by atoms with van der Waals surface area (Å²) < 4.78 is 40.1. The van der Waals surface area contributed by atoms with E-state index in [1.54, 1.807) is 10.9 Å². The molecular weight excluding hydrogens is 243 g/mol. The quantitative estimate of drug-likeness (QED) is 0.906. The maximum absolute atomic E-state index is 12.8. The van der Waals surface area contributed by atoms with Crippen LogP contribution in [-0.4, -0.2) is 22.5 Å². The van der Waals surface area contributed by atoms with Crippen molar-refractivity contribution < 1.29 is 13.2 Å². The summed E-state index contributed by atoms with van der Waals surface area (Å²) in [7, 11) is 0. The van der Waals surface area contributed by atoms with Crippen LogP contribution in [0.4, 0.5) is 13.2 Å². The fraction of sp³-hybridized carbons (Fsp3) is 0.750. The summed E-state index contributed by atoms with van der Waals surface area (Å²) in [5.74, 6) is -1.20. The van der Waals surface area contributed by atoms with Gasteiger partial charge in [0.25, 0.3) is 0 Å². The maximum atomic E-state index is 12.8. The molecule has 2 atom stereocenters. The molecule has 2 heterocycles. The molecule has 18 heavy (non-hydrogen) atoms. The fourth-order valence-electron chi connectivity index (χ4n) is 2.48. The van der Waals surface area contributed by atoms with Crippen LogP contribution in [0.1, 0.15) is 37.9 Å². The van der Waals surface area contributed by atoms with Crippen molar-refractivity contribution in [2.24, 2.45) is 5.92 Å². The summed E-state index contributed by atoms with van der Waals surface area (Å²) in [6.45, 7) is 3.18. The second kappa shape index (κ2) is 5.30. The lowest BCUT2D eigenvalue weighted by Crippen LogP contribution is -2.38. The Labute approximate surface area is 104 Å². The Hall–Kier alpha value is -1.04. The van der Waals surface area contributed by atoms with Gasteiger partial charge in [0.15, 0.2) is 0 Å². The van der Waals surface area contributed by atoms with Crippen molar-refractivity contribution in [3.05, 3.63) is 18.0 Å². The average Bonchev–Trinajstić information content (AvgIpc) is 2.77. The van der Waals surface area contributed by atoms with Gasteiger partial charge in [0.1, 0.15) is 0 Å². The minimum absolute atomic E-state index is 0.110. The van der Waals surface area contributed by atoms with Gasteiger partial charge in [-0.2, -0.15) is 18.3 Å². The van der Waals surface area contributed by atoms with Crippen LogP contribution in [0.2, 0.25) is 0 Å². The Bertz CT molecular complexity index is 386. The minimum atomic E-state index is -4.09. The molecule has 1 aliphatic rings. The second-order valence-electron chi connectivity index (χ2n) is 4.75. The van der Waals surface area contributed by atoms with E-state index in [9.17, 15) is 13.2 Å². The summed E-state index contributed by atoms with van der Waals surface area (Å²) in [6.07, 6.45) is -1.23. The molecule has 2 unspecified atom stereocenters. The first-order chi connectivity index (χ1) is 8.52. The Morgan fingerprint density at radius 1 is 1.50 bits per heavy atom. The van der Waals surface area contributed by atoms with Crippen LogP contribution in [0.25, 0.3) is 0 Å². The van der Waals surface area contributed by atoms with Gasteiger partial charge in [0.05, 0.1) is 11.6 Å². The lowest BCUT2D eigenvalue weighted by Gasteiger charge is -2.31. The lowest BCUT2D eigenvalue weighted by molar-refractivity contribution is -0.183. The van der Waals surface area contributed by atoms with Gasteiger partial charge >= 0.3 is 6.18 Å². The zero-order valence-corrected chi connectivity index (χ0v) is 10.4. The Morgan fingerprint density at radius 2 is 2.28 bits per heavy atom. The van der Waals surface area contributed by atoms with Crippen molar-refractivity contribution in [2.75, 3.05) is 6.54 Å². The average molecular weight is 261 g/mol. The molecule has 1 aromatic heterocycles. The molecule has 0 amide bonds. The lowest BCUT2D eigenvalue weighted by atomic mass is 9.90. The van der Waals surface area contributed by atoms with Crippen LogP contribution < -0.4 is 5.32 Å². The molecule has 3 nitrogen and oxygen atoms in total. The number of hydrogen-bond donors (Lipinski definition) is 1. The number of aromatic nitrogens is 2. The van der Waals surface area contributed by atoms with Crippen LogP contribution in [0.3, 0.4) is 0 Å². The van der Waals surface area contributed by atoms with E-state index >= 15 is 0 Å². The normalized spacial score (nSPS) is 25.3. The van der Waals surface area contributed by atoms with Gasteiger partial charge in [-0.15, -0.1) is 0 Å². The molecule has 1 aliphatic heterocycles. The van der Waals surface area contributed by atoms with Crippen LogP contribution in [0.5, 0.6) is 0 Å². The molecule has 6 heteroatoms. The van der Waals surface area contributed by atoms with Gasteiger partial charge in [-0.1, -0.05) is 6.92 Å². The molecule has 102 valence electrons. The molecule has 0 radical (unpaired) electrons. The van der Waals surface area contributed by atoms with Crippen molar-refractivity contribution in [3.8, 4) is 0 Å². The zero-order chi connectivity index (χ0) is 13.2. The summed E-state index contributed by atoms with van der Waals surface area (Å²) in [5.41, 5.74) is 0.866. The SMILES string of the molecule is CCCn1nccc1C1CC(C(F)(F)F)CCN1. The molecule has 2 rings (SSSR count). The van der Waals surface area contributed by atoms with Crippen molar-refractivity contribution >= 4 is 0 Å². The minimum Gasteiger partial charge on any atom is -0.309 e. The summed E-state index contributed by atoms with van der Waals surface area (Å²) in [4.78, 5) is 0. The van der Waals surface area contributed by atoms with E-state index in [0.717, 1.165) is 18.7 Å². The number of aryl methyl sites for hydroxylation is 1. The molecule has 0 aliphatic carbocycles. The predicted molar refractivity (Wildman–Crippen MR) is 62.0 cm³/mol. The smallest absolute Gasteiger partial charge is 0.309 e. The first-order valence-electron chi connectivity index (χ1n) is 6.34. The largest absolute Gasteiger partial charge is 0.391 e. The van der Waals surface area contributed by atoms with Gasteiger partial charge in [0.2, 0.25) is 0 Å². The van der Waals surface area contributed by atoms with E-state index in [0.29, 0.717) is 6.54 Å². The van der Waals surface area contributed by atoms with E-state index in [2.05, 4.69) is 10.4 Å². The van der Waals surface area contributed by atoms with E-state index in [1.807, 2.05) is 13.0 Å². The number of hydrogen-bond acceptors (Lipinski definition) is 2. The van der Waals surface area contributed by atoms with Crippen molar-refractivity contribution in [2.45, 2.75) is 44.9 Å². The third kappa shape index (κ3) is 2.85. The van der Waals surface area contributed by atoms with Crippen LogP contribution in [-0.2, 0) is 6.54 Å².